The Morgan fingerprint density at radius 3 is 2.24 bits per heavy atom. The lowest BCUT2D eigenvalue weighted by atomic mass is 9.97. The third kappa shape index (κ3) is 6.64. The number of nitrogens with zero attached hydrogens (tertiary/aromatic N) is 2. The van der Waals surface area contributed by atoms with Crippen LogP contribution in [0.15, 0.2) is 34.5 Å². The zero-order valence-electron chi connectivity index (χ0n) is 15.5. The molecule has 0 radical (unpaired) electrons. The molecule has 3 rings (SSSR count). The summed E-state index contributed by atoms with van der Waals surface area (Å²) in [6, 6.07) is 8.47. The van der Waals surface area contributed by atoms with Crippen molar-refractivity contribution in [2.24, 2.45) is 11.7 Å². The summed E-state index contributed by atoms with van der Waals surface area (Å²) in [5, 5.41) is 10.3. The second kappa shape index (κ2) is 9.97. The lowest BCUT2D eigenvalue weighted by Gasteiger charge is -2.30. The zero-order valence-corrected chi connectivity index (χ0v) is 17.1. The molecule has 0 atom stereocenters. The van der Waals surface area contributed by atoms with Gasteiger partial charge in [-0.3, -0.25) is 4.79 Å². The van der Waals surface area contributed by atoms with Gasteiger partial charge in [-0.15, -0.1) is 23.1 Å². The molecule has 1 aliphatic heterocycles. The molecule has 0 spiro atoms. The maximum atomic E-state index is 11.2. The van der Waals surface area contributed by atoms with E-state index in [2.05, 4.69) is 40.8 Å². The standard InChI is InChI=1S/C16H19N3OS2.C2HF3O2/c1-21-13-4-2-11(3-5-13)14-10-22-16(18-14)19-8-6-12(7-9-19)15(17)20;3-2(4,5)1(6)7/h2-5,10,12H,6-9H2,1H3,(H2,17,20);(H,6,7). The summed E-state index contributed by atoms with van der Waals surface area (Å²) >= 11 is 3.40. The number of aromatic nitrogens is 1. The fraction of sp³-hybridized carbons (Fsp3) is 0.389. The highest BCUT2D eigenvalue weighted by molar-refractivity contribution is 7.98. The number of carbonyl (C=O) groups is 2. The Labute approximate surface area is 173 Å². The molecule has 1 aliphatic rings. The fourth-order valence-corrected chi connectivity index (χ4v) is 3.96. The van der Waals surface area contributed by atoms with Gasteiger partial charge in [0, 0.05) is 34.8 Å². The highest BCUT2D eigenvalue weighted by atomic mass is 32.2. The molecule has 1 aromatic carbocycles. The van der Waals surface area contributed by atoms with Crippen LogP contribution in [0.5, 0.6) is 0 Å². The summed E-state index contributed by atoms with van der Waals surface area (Å²) in [5.74, 6) is -2.91. The largest absolute Gasteiger partial charge is 0.490 e. The van der Waals surface area contributed by atoms with Crippen molar-refractivity contribution in [1.29, 1.82) is 0 Å². The van der Waals surface area contributed by atoms with Gasteiger partial charge in [0.25, 0.3) is 0 Å². The van der Waals surface area contributed by atoms with Gasteiger partial charge in [0.2, 0.25) is 5.91 Å². The Hall–Kier alpha value is -2.27. The van der Waals surface area contributed by atoms with Crippen molar-refractivity contribution in [3.63, 3.8) is 0 Å². The first-order chi connectivity index (χ1) is 13.6. The Morgan fingerprint density at radius 2 is 1.79 bits per heavy atom. The van der Waals surface area contributed by atoms with Crippen molar-refractivity contribution < 1.29 is 27.9 Å². The Bertz CT molecular complexity index is 833. The molecule has 6 nitrogen and oxygen atoms in total. The first kappa shape index (κ1) is 23.0. The SMILES string of the molecule is CSc1ccc(-c2csc(N3CCC(C(N)=O)CC3)n2)cc1.O=C(O)C(F)(F)F. The lowest BCUT2D eigenvalue weighted by molar-refractivity contribution is -0.192. The molecule has 11 heteroatoms. The predicted octanol–water partition coefficient (Wildman–Crippen LogP) is 3.87. The molecular weight excluding hydrogens is 427 g/mol. The van der Waals surface area contributed by atoms with Crippen LogP contribution in [0.25, 0.3) is 11.3 Å². The summed E-state index contributed by atoms with van der Waals surface area (Å²) < 4.78 is 31.7. The minimum atomic E-state index is -5.08. The average Bonchev–Trinajstić information content (AvgIpc) is 3.18. The number of thioether (sulfide) groups is 1. The number of nitrogens with two attached hydrogens (primary N) is 1. The number of anilines is 1. The second-order valence-electron chi connectivity index (χ2n) is 6.21. The number of aliphatic carboxylic acids is 1. The van der Waals surface area contributed by atoms with Crippen molar-refractivity contribution in [2.45, 2.75) is 23.9 Å². The topological polar surface area (TPSA) is 96.5 Å². The maximum Gasteiger partial charge on any atom is 0.490 e. The molecule has 1 amide bonds. The molecule has 1 fully saturated rings. The van der Waals surface area contributed by atoms with Gasteiger partial charge in [-0.1, -0.05) is 12.1 Å². The van der Waals surface area contributed by atoms with E-state index in [0.29, 0.717) is 0 Å². The summed E-state index contributed by atoms with van der Waals surface area (Å²) in [5.41, 5.74) is 7.55. The van der Waals surface area contributed by atoms with Crippen LogP contribution in [0.4, 0.5) is 18.3 Å². The molecule has 29 heavy (non-hydrogen) atoms. The van der Waals surface area contributed by atoms with Crippen molar-refractivity contribution in [3.8, 4) is 11.3 Å². The second-order valence-corrected chi connectivity index (χ2v) is 7.93. The molecule has 2 heterocycles. The molecule has 0 bridgehead atoms. The van der Waals surface area contributed by atoms with Crippen LogP contribution < -0.4 is 10.6 Å². The number of amides is 1. The number of alkyl halides is 3. The molecule has 158 valence electrons. The van der Waals surface area contributed by atoms with Gasteiger partial charge in [0.05, 0.1) is 5.69 Å². The average molecular weight is 448 g/mol. The highest BCUT2D eigenvalue weighted by Gasteiger charge is 2.38. The van der Waals surface area contributed by atoms with E-state index >= 15 is 0 Å². The van der Waals surface area contributed by atoms with Gasteiger partial charge in [-0.05, 0) is 31.2 Å². The molecule has 1 saturated heterocycles. The summed E-state index contributed by atoms with van der Waals surface area (Å²) in [6.45, 7) is 1.71. The predicted molar refractivity (Wildman–Crippen MR) is 107 cm³/mol. The Kier molecular flexibility index (Phi) is 7.91. The number of hydrogen-bond donors (Lipinski definition) is 2. The molecule has 1 aromatic heterocycles. The van der Waals surface area contributed by atoms with Crippen molar-refractivity contribution in [3.05, 3.63) is 29.6 Å². The van der Waals surface area contributed by atoms with Crippen molar-refractivity contribution >= 4 is 40.1 Å². The van der Waals surface area contributed by atoms with E-state index in [1.54, 1.807) is 23.1 Å². The van der Waals surface area contributed by atoms with Gasteiger partial charge in [-0.25, -0.2) is 9.78 Å². The number of hydrogen-bond acceptors (Lipinski definition) is 6. The van der Waals surface area contributed by atoms with Gasteiger partial charge >= 0.3 is 12.1 Å². The van der Waals surface area contributed by atoms with Crippen LogP contribution in [0.2, 0.25) is 0 Å². The van der Waals surface area contributed by atoms with Crippen LogP contribution in [0, 0.1) is 5.92 Å². The summed E-state index contributed by atoms with van der Waals surface area (Å²) in [4.78, 5) is 28.4. The Morgan fingerprint density at radius 1 is 1.24 bits per heavy atom. The van der Waals surface area contributed by atoms with Crippen LogP contribution in [0.1, 0.15) is 12.8 Å². The first-order valence-corrected chi connectivity index (χ1v) is 10.7. The van der Waals surface area contributed by atoms with Gasteiger partial charge < -0.3 is 15.7 Å². The van der Waals surface area contributed by atoms with Crippen molar-refractivity contribution in [1.82, 2.24) is 4.98 Å². The molecule has 0 saturated carbocycles. The smallest absolute Gasteiger partial charge is 0.475 e. The minimum absolute atomic E-state index is 0.0229. The third-order valence-electron chi connectivity index (χ3n) is 4.29. The quantitative estimate of drug-likeness (QED) is 0.691. The number of halogens is 3. The lowest BCUT2D eigenvalue weighted by Crippen LogP contribution is -2.38. The minimum Gasteiger partial charge on any atom is -0.475 e. The number of rotatable bonds is 4. The van der Waals surface area contributed by atoms with Crippen LogP contribution in [-0.2, 0) is 9.59 Å². The van der Waals surface area contributed by atoms with E-state index in [0.717, 1.165) is 42.3 Å². The normalized spacial score (nSPS) is 14.8. The van der Waals surface area contributed by atoms with Crippen LogP contribution >= 0.6 is 23.1 Å². The van der Waals surface area contributed by atoms with E-state index in [-0.39, 0.29) is 11.8 Å². The number of piperidine rings is 1. The molecule has 0 aliphatic carbocycles. The molecular formula is C18H20F3N3O3S2. The van der Waals surface area contributed by atoms with Crippen LogP contribution in [-0.4, -0.2) is 47.5 Å². The van der Waals surface area contributed by atoms with E-state index in [4.69, 9.17) is 20.6 Å². The highest BCUT2D eigenvalue weighted by Crippen LogP contribution is 2.31. The number of thiazole rings is 1. The monoisotopic (exact) mass is 447 g/mol. The number of benzene rings is 1. The fourth-order valence-electron chi connectivity index (χ4n) is 2.66. The maximum absolute atomic E-state index is 11.2. The summed E-state index contributed by atoms with van der Waals surface area (Å²) in [7, 11) is 0. The molecule has 0 unspecified atom stereocenters. The van der Waals surface area contributed by atoms with E-state index < -0.39 is 12.1 Å². The van der Waals surface area contributed by atoms with Crippen molar-refractivity contribution in [2.75, 3.05) is 24.2 Å². The summed E-state index contributed by atoms with van der Waals surface area (Å²) in [6.07, 6.45) is -1.36. The first-order valence-electron chi connectivity index (χ1n) is 8.56. The molecule has 2 aromatic rings. The number of primary amides is 1. The van der Waals surface area contributed by atoms with Gasteiger partial charge in [-0.2, -0.15) is 13.2 Å². The van der Waals surface area contributed by atoms with Gasteiger partial charge in [0.15, 0.2) is 5.13 Å². The van der Waals surface area contributed by atoms with Crippen LogP contribution in [0.3, 0.4) is 0 Å². The third-order valence-corrected chi connectivity index (χ3v) is 5.93. The number of carboxylic acids is 1. The number of carbonyl (C=O) groups excluding carboxylic acids is 1. The van der Waals surface area contributed by atoms with Gasteiger partial charge in [0.1, 0.15) is 0 Å². The van der Waals surface area contributed by atoms with E-state index in [9.17, 15) is 18.0 Å². The van der Waals surface area contributed by atoms with E-state index in [1.165, 1.54) is 4.90 Å². The zero-order chi connectivity index (χ0) is 21.6. The molecule has 3 N–H and O–H groups in total. The number of carboxylic acid groups (broad SMARTS) is 1. The van der Waals surface area contributed by atoms with E-state index in [1.807, 2.05) is 0 Å². The Balaban J connectivity index is 0.000000370.